The van der Waals surface area contributed by atoms with E-state index in [4.69, 9.17) is 10.8 Å². The second-order valence-corrected chi connectivity index (χ2v) is 4.57. The smallest absolute Gasteiger partial charge is 0.254 e. The maximum absolute atomic E-state index is 13.5. The predicted octanol–water partition coefficient (Wildman–Crippen LogP) is 1.03. The average molecular weight is 305 g/mol. The Morgan fingerprint density at radius 1 is 1.65 bits per heavy atom. The summed E-state index contributed by atoms with van der Waals surface area (Å²) in [4.78, 5) is 11.6. The number of benzene rings is 1. The Morgan fingerprint density at radius 3 is 2.88 bits per heavy atom. The molecule has 6 heteroatoms. The molecule has 0 saturated heterocycles. The van der Waals surface area contributed by atoms with Gasteiger partial charge in [-0.2, -0.15) is 0 Å². The second kappa shape index (κ2) is 6.09. The Labute approximate surface area is 107 Å². The molecule has 0 spiro atoms. The summed E-state index contributed by atoms with van der Waals surface area (Å²) < 4.78 is 13.8. The first kappa shape index (κ1) is 14.1. The van der Waals surface area contributed by atoms with Gasteiger partial charge in [-0.05, 0) is 35.0 Å². The van der Waals surface area contributed by atoms with E-state index >= 15 is 0 Å². The number of amides is 1. The van der Waals surface area contributed by atoms with E-state index in [2.05, 4.69) is 21.2 Å². The standard InChI is InChI=1S/C11H14BrFN2O2/c1-6(16)9(14)5-15-11(17)7-3-2-4-8(12)10(7)13/h2-4,6,9,16H,5,14H2,1H3,(H,15,17). The van der Waals surface area contributed by atoms with Crippen LogP contribution in [0.3, 0.4) is 0 Å². The molecule has 1 aromatic carbocycles. The number of rotatable bonds is 4. The number of hydrogen-bond acceptors (Lipinski definition) is 3. The zero-order chi connectivity index (χ0) is 13.0. The second-order valence-electron chi connectivity index (χ2n) is 3.72. The molecule has 1 rings (SSSR count). The zero-order valence-corrected chi connectivity index (χ0v) is 10.9. The van der Waals surface area contributed by atoms with E-state index < -0.39 is 23.9 Å². The third kappa shape index (κ3) is 3.76. The molecule has 1 amide bonds. The highest BCUT2D eigenvalue weighted by atomic mass is 79.9. The van der Waals surface area contributed by atoms with Gasteiger partial charge in [0.2, 0.25) is 0 Å². The van der Waals surface area contributed by atoms with Crippen molar-refractivity contribution in [1.29, 1.82) is 0 Å². The summed E-state index contributed by atoms with van der Waals surface area (Å²) in [6, 6.07) is 3.88. The first-order chi connectivity index (χ1) is 7.93. The van der Waals surface area contributed by atoms with Crippen LogP contribution in [0, 0.1) is 5.82 Å². The van der Waals surface area contributed by atoms with Gasteiger partial charge in [0.25, 0.3) is 5.91 Å². The first-order valence-electron chi connectivity index (χ1n) is 5.09. The molecule has 2 atom stereocenters. The molecule has 0 fully saturated rings. The molecule has 0 bridgehead atoms. The highest BCUT2D eigenvalue weighted by Crippen LogP contribution is 2.18. The molecule has 17 heavy (non-hydrogen) atoms. The lowest BCUT2D eigenvalue weighted by atomic mass is 10.1. The molecular weight excluding hydrogens is 291 g/mol. The van der Waals surface area contributed by atoms with Crippen LogP contribution in [0.25, 0.3) is 0 Å². The largest absolute Gasteiger partial charge is 0.392 e. The van der Waals surface area contributed by atoms with Crippen molar-refractivity contribution in [2.45, 2.75) is 19.1 Å². The fourth-order valence-electron chi connectivity index (χ4n) is 1.16. The van der Waals surface area contributed by atoms with Gasteiger partial charge >= 0.3 is 0 Å². The lowest BCUT2D eigenvalue weighted by Crippen LogP contribution is -2.43. The fraction of sp³-hybridized carbons (Fsp3) is 0.364. The average Bonchev–Trinajstić information content (AvgIpc) is 2.29. The summed E-state index contributed by atoms with van der Waals surface area (Å²) in [6.07, 6.45) is -0.734. The molecule has 0 aliphatic carbocycles. The predicted molar refractivity (Wildman–Crippen MR) is 66.1 cm³/mol. The first-order valence-corrected chi connectivity index (χ1v) is 5.88. The number of carbonyl (C=O) groups excluding carboxylic acids is 1. The minimum atomic E-state index is -0.734. The minimum absolute atomic E-state index is 0.0582. The Hall–Kier alpha value is -0.980. The molecule has 0 heterocycles. The molecule has 0 aliphatic rings. The van der Waals surface area contributed by atoms with Gasteiger partial charge in [0.15, 0.2) is 0 Å². The highest BCUT2D eigenvalue weighted by Gasteiger charge is 2.15. The van der Waals surface area contributed by atoms with E-state index in [1.165, 1.54) is 19.1 Å². The van der Waals surface area contributed by atoms with Gasteiger partial charge in [0.05, 0.1) is 16.1 Å². The molecule has 0 aromatic heterocycles. The summed E-state index contributed by atoms with van der Waals surface area (Å²) in [6.45, 7) is 1.61. The van der Waals surface area contributed by atoms with E-state index in [1.807, 2.05) is 0 Å². The monoisotopic (exact) mass is 304 g/mol. The Morgan fingerprint density at radius 2 is 2.29 bits per heavy atom. The van der Waals surface area contributed by atoms with Crippen LogP contribution < -0.4 is 11.1 Å². The van der Waals surface area contributed by atoms with Crippen molar-refractivity contribution in [2.75, 3.05) is 6.54 Å². The van der Waals surface area contributed by atoms with E-state index in [-0.39, 0.29) is 16.6 Å². The molecule has 94 valence electrons. The van der Waals surface area contributed by atoms with Crippen LogP contribution in [0.15, 0.2) is 22.7 Å². The summed E-state index contributed by atoms with van der Waals surface area (Å²) >= 11 is 3.00. The van der Waals surface area contributed by atoms with E-state index in [1.54, 1.807) is 6.07 Å². The lowest BCUT2D eigenvalue weighted by Gasteiger charge is -2.15. The number of aliphatic hydroxyl groups excluding tert-OH is 1. The van der Waals surface area contributed by atoms with Gasteiger partial charge in [0.1, 0.15) is 5.82 Å². The zero-order valence-electron chi connectivity index (χ0n) is 9.28. The van der Waals surface area contributed by atoms with Gasteiger partial charge in [-0.15, -0.1) is 0 Å². The van der Waals surface area contributed by atoms with Crippen LogP contribution in [0.4, 0.5) is 4.39 Å². The number of nitrogens with one attached hydrogen (secondary N) is 1. The summed E-state index contributed by atoms with van der Waals surface area (Å²) in [5.41, 5.74) is 5.48. The van der Waals surface area contributed by atoms with Gasteiger partial charge in [-0.25, -0.2) is 4.39 Å². The van der Waals surface area contributed by atoms with Gasteiger partial charge in [0, 0.05) is 12.6 Å². The number of halogens is 2. The van der Waals surface area contributed by atoms with Crippen molar-refractivity contribution in [3.05, 3.63) is 34.1 Å². The molecule has 2 unspecified atom stereocenters. The number of hydrogen-bond donors (Lipinski definition) is 3. The van der Waals surface area contributed by atoms with Crippen molar-refractivity contribution in [2.24, 2.45) is 5.73 Å². The third-order valence-corrected chi connectivity index (χ3v) is 2.93. The quantitative estimate of drug-likeness (QED) is 0.777. The number of aliphatic hydroxyl groups is 1. The van der Waals surface area contributed by atoms with Crippen LogP contribution in [0.5, 0.6) is 0 Å². The molecule has 4 N–H and O–H groups in total. The van der Waals surface area contributed by atoms with Crippen molar-refractivity contribution in [1.82, 2.24) is 5.32 Å². The maximum atomic E-state index is 13.5. The van der Waals surface area contributed by atoms with Gasteiger partial charge < -0.3 is 16.2 Å². The summed E-state index contributed by atoms with van der Waals surface area (Å²) in [5.74, 6) is -1.17. The van der Waals surface area contributed by atoms with Crippen molar-refractivity contribution in [3.8, 4) is 0 Å². The summed E-state index contributed by atoms with van der Waals surface area (Å²) in [7, 11) is 0. The van der Waals surface area contributed by atoms with E-state index in [0.717, 1.165) is 0 Å². The van der Waals surface area contributed by atoms with Crippen LogP contribution in [0.2, 0.25) is 0 Å². The topological polar surface area (TPSA) is 75.3 Å². The Kier molecular flexibility index (Phi) is 5.04. The third-order valence-electron chi connectivity index (χ3n) is 2.31. The molecule has 1 aromatic rings. The normalized spacial score (nSPS) is 14.2. The Balaban J connectivity index is 2.68. The van der Waals surface area contributed by atoms with Crippen LogP contribution >= 0.6 is 15.9 Å². The highest BCUT2D eigenvalue weighted by molar-refractivity contribution is 9.10. The van der Waals surface area contributed by atoms with Crippen molar-refractivity contribution in [3.63, 3.8) is 0 Å². The van der Waals surface area contributed by atoms with E-state index in [9.17, 15) is 9.18 Å². The fourth-order valence-corrected chi connectivity index (χ4v) is 1.52. The summed E-state index contributed by atoms with van der Waals surface area (Å²) in [5, 5.41) is 11.6. The lowest BCUT2D eigenvalue weighted by molar-refractivity contribution is 0.0933. The molecule has 4 nitrogen and oxygen atoms in total. The molecular formula is C11H14BrFN2O2. The van der Waals surface area contributed by atoms with Gasteiger partial charge in [-0.1, -0.05) is 6.07 Å². The van der Waals surface area contributed by atoms with Crippen LogP contribution in [0.1, 0.15) is 17.3 Å². The van der Waals surface area contributed by atoms with E-state index in [0.29, 0.717) is 0 Å². The molecule has 0 radical (unpaired) electrons. The Bertz CT molecular complexity index is 412. The maximum Gasteiger partial charge on any atom is 0.254 e. The molecule has 0 aliphatic heterocycles. The van der Waals surface area contributed by atoms with Crippen molar-refractivity contribution >= 4 is 21.8 Å². The molecule has 0 saturated carbocycles. The number of nitrogens with two attached hydrogens (primary N) is 1. The van der Waals surface area contributed by atoms with Crippen LogP contribution in [-0.4, -0.2) is 29.7 Å². The SMILES string of the molecule is CC(O)C(N)CNC(=O)c1cccc(Br)c1F. The van der Waals surface area contributed by atoms with Gasteiger partial charge in [-0.3, -0.25) is 4.79 Å². The minimum Gasteiger partial charge on any atom is -0.392 e. The number of carbonyl (C=O) groups is 1. The van der Waals surface area contributed by atoms with Crippen LogP contribution in [-0.2, 0) is 0 Å². The van der Waals surface area contributed by atoms with Crippen molar-refractivity contribution < 1.29 is 14.3 Å².